The maximum absolute atomic E-state index is 2.52. The number of nitrogens with zero attached hydrogens (tertiary/aromatic N) is 1. The molecular weight excluding hydrogens is 218 g/mol. The van der Waals surface area contributed by atoms with E-state index < -0.39 is 0 Å². The average Bonchev–Trinajstić information content (AvgIpc) is 2.35. The van der Waals surface area contributed by atoms with Gasteiger partial charge in [0, 0.05) is 0 Å². The van der Waals surface area contributed by atoms with Gasteiger partial charge in [0.2, 0.25) is 0 Å². The highest BCUT2D eigenvalue weighted by atomic mass is 15.1. The fourth-order valence-electron chi connectivity index (χ4n) is 2.61. The highest BCUT2D eigenvalue weighted by molar-refractivity contribution is 4.56. The van der Waals surface area contributed by atoms with Crippen LogP contribution in [0.3, 0.4) is 0 Å². The third-order valence-corrected chi connectivity index (χ3v) is 3.91. The van der Waals surface area contributed by atoms with Crippen LogP contribution in [0.2, 0.25) is 0 Å². The normalized spacial score (nSPS) is 13.2. The minimum absolute atomic E-state index is 0.939. The van der Waals surface area contributed by atoms with E-state index in [0.29, 0.717) is 0 Å². The van der Waals surface area contributed by atoms with Crippen molar-refractivity contribution < 1.29 is 0 Å². The van der Waals surface area contributed by atoms with Gasteiger partial charge in [0.25, 0.3) is 0 Å². The summed E-state index contributed by atoms with van der Waals surface area (Å²) in [5.41, 5.74) is 0. The molecule has 0 aliphatic carbocycles. The van der Waals surface area contributed by atoms with Gasteiger partial charge >= 0.3 is 0 Å². The van der Waals surface area contributed by atoms with Crippen LogP contribution in [0.4, 0.5) is 0 Å². The van der Waals surface area contributed by atoms with Crippen molar-refractivity contribution in [3.8, 4) is 0 Å². The molecule has 1 heteroatoms. The summed E-state index contributed by atoms with van der Waals surface area (Å²) in [6, 6.07) is 0. The molecule has 0 radical (unpaired) electrons. The van der Waals surface area contributed by atoms with Gasteiger partial charge in [-0.25, -0.2) is 0 Å². The van der Waals surface area contributed by atoms with E-state index in [1.807, 2.05) is 0 Å². The molecule has 0 fully saturated rings. The van der Waals surface area contributed by atoms with Crippen LogP contribution in [-0.4, -0.2) is 25.0 Å². The molecule has 0 amide bonds. The molecular formula is C17H37N. The second-order valence-electron chi connectivity index (χ2n) is 6.11. The summed E-state index contributed by atoms with van der Waals surface area (Å²) < 4.78 is 0. The Morgan fingerprint density at radius 1 is 0.722 bits per heavy atom. The van der Waals surface area contributed by atoms with Crippen LogP contribution in [-0.2, 0) is 0 Å². The highest BCUT2D eigenvalue weighted by Gasteiger charge is 2.02. The van der Waals surface area contributed by atoms with Crippen LogP contribution in [0.1, 0.15) is 85.0 Å². The Morgan fingerprint density at radius 2 is 1.33 bits per heavy atom. The molecule has 0 rings (SSSR count). The van der Waals surface area contributed by atoms with Gasteiger partial charge in [-0.3, -0.25) is 0 Å². The van der Waals surface area contributed by atoms with Crippen molar-refractivity contribution in [1.29, 1.82) is 0 Å². The second-order valence-corrected chi connectivity index (χ2v) is 6.11. The largest absolute Gasteiger partial charge is 0.306 e. The molecule has 1 atom stereocenters. The topological polar surface area (TPSA) is 3.24 Å². The van der Waals surface area contributed by atoms with E-state index in [9.17, 15) is 0 Å². The second kappa shape index (κ2) is 13.4. The SMILES string of the molecule is CCCCCCCN(C)CCCCC(C)CCC. The van der Waals surface area contributed by atoms with Gasteiger partial charge in [-0.1, -0.05) is 72.1 Å². The molecule has 0 bridgehead atoms. The third-order valence-electron chi connectivity index (χ3n) is 3.91. The summed E-state index contributed by atoms with van der Waals surface area (Å²) in [5.74, 6) is 0.939. The zero-order chi connectivity index (χ0) is 13.6. The molecule has 0 saturated carbocycles. The van der Waals surface area contributed by atoms with Gasteiger partial charge in [0.05, 0.1) is 0 Å². The van der Waals surface area contributed by atoms with Gasteiger partial charge in [0.15, 0.2) is 0 Å². The average molecular weight is 255 g/mol. The molecule has 110 valence electrons. The van der Waals surface area contributed by atoms with E-state index in [1.165, 1.54) is 77.3 Å². The van der Waals surface area contributed by atoms with Crippen LogP contribution in [0, 0.1) is 5.92 Å². The Kier molecular flexibility index (Phi) is 13.4. The standard InChI is InChI=1S/C17H37N/c1-5-7-8-9-11-15-18(4)16-12-10-14-17(3)13-6-2/h17H,5-16H2,1-4H3. The maximum Gasteiger partial charge on any atom is -0.00218 e. The lowest BCUT2D eigenvalue weighted by Gasteiger charge is -2.17. The number of rotatable bonds is 13. The van der Waals surface area contributed by atoms with Gasteiger partial charge < -0.3 is 4.90 Å². The summed E-state index contributed by atoms with van der Waals surface area (Å²) in [5, 5.41) is 0. The number of hydrogen-bond acceptors (Lipinski definition) is 1. The van der Waals surface area contributed by atoms with Crippen molar-refractivity contribution in [2.75, 3.05) is 20.1 Å². The highest BCUT2D eigenvalue weighted by Crippen LogP contribution is 2.13. The smallest absolute Gasteiger partial charge is 0.00218 e. The minimum atomic E-state index is 0.939. The fourth-order valence-corrected chi connectivity index (χ4v) is 2.61. The quantitative estimate of drug-likeness (QED) is 0.393. The van der Waals surface area contributed by atoms with Crippen LogP contribution >= 0.6 is 0 Å². The van der Waals surface area contributed by atoms with Crippen molar-refractivity contribution in [2.45, 2.75) is 85.0 Å². The predicted molar refractivity (Wildman–Crippen MR) is 84.2 cm³/mol. The van der Waals surface area contributed by atoms with Gasteiger partial charge in [-0.15, -0.1) is 0 Å². The van der Waals surface area contributed by atoms with E-state index in [1.54, 1.807) is 0 Å². The Bertz CT molecular complexity index is 156. The Labute approximate surface area is 116 Å². The first-order chi connectivity index (χ1) is 8.70. The first-order valence-electron chi connectivity index (χ1n) is 8.39. The van der Waals surface area contributed by atoms with Crippen LogP contribution in [0.15, 0.2) is 0 Å². The fraction of sp³-hybridized carbons (Fsp3) is 1.00. The zero-order valence-electron chi connectivity index (χ0n) is 13.5. The molecule has 0 heterocycles. The van der Waals surface area contributed by atoms with Crippen molar-refractivity contribution in [3.63, 3.8) is 0 Å². The van der Waals surface area contributed by atoms with E-state index in [2.05, 4.69) is 32.7 Å². The van der Waals surface area contributed by atoms with E-state index in [4.69, 9.17) is 0 Å². The zero-order valence-corrected chi connectivity index (χ0v) is 13.5. The van der Waals surface area contributed by atoms with Crippen LogP contribution in [0.25, 0.3) is 0 Å². The summed E-state index contributed by atoms with van der Waals surface area (Å²) >= 11 is 0. The minimum Gasteiger partial charge on any atom is -0.306 e. The molecule has 0 N–H and O–H groups in total. The van der Waals surface area contributed by atoms with Crippen LogP contribution < -0.4 is 0 Å². The Balaban J connectivity index is 3.23. The van der Waals surface area contributed by atoms with Crippen LogP contribution in [0.5, 0.6) is 0 Å². The Hall–Kier alpha value is -0.0400. The first-order valence-corrected chi connectivity index (χ1v) is 8.39. The van der Waals surface area contributed by atoms with Gasteiger partial charge in [-0.2, -0.15) is 0 Å². The Morgan fingerprint density at radius 3 is 1.94 bits per heavy atom. The third kappa shape index (κ3) is 12.4. The van der Waals surface area contributed by atoms with Gasteiger partial charge in [-0.05, 0) is 38.9 Å². The summed E-state index contributed by atoms with van der Waals surface area (Å²) in [7, 11) is 2.29. The lowest BCUT2D eigenvalue weighted by molar-refractivity contribution is 0.310. The molecule has 0 aromatic rings. The lowest BCUT2D eigenvalue weighted by atomic mass is 9.99. The van der Waals surface area contributed by atoms with E-state index in [-0.39, 0.29) is 0 Å². The lowest BCUT2D eigenvalue weighted by Crippen LogP contribution is -2.21. The molecule has 1 unspecified atom stereocenters. The molecule has 18 heavy (non-hydrogen) atoms. The molecule has 0 spiro atoms. The van der Waals surface area contributed by atoms with E-state index in [0.717, 1.165) is 5.92 Å². The maximum atomic E-state index is 2.52. The molecule has 0 aromatic carbocycles. The number of unbranched alkanes of at least 4 members (excludes halogenated alkanes) is 5. The van der Waals surface area contributed by atoms with E-state index >= 15 is 0 Å². The van der Waals surface area contributed by atoms with Crippen molar-refractivity contribution in [2.24, 2.45) is 5.92 Å². The number of hydrogen-bond donors (Lipinski definition) is 0. The molecule has 0 aromatic heterocycles. The first kappa shape index (κ1) is 18.0. The predicted octanol–water partition coefficient (Wildman–Crippen LogP) is 5.50. The van der Waals surface area contributed by atoms with Crippen molar-refractivity contribution >= 4 is 0 Å². The van der Waals surface area contributed by atoms with Crippen molar-refractivity contribution in [3.05, 3.63) is 0 Å². The summed E-state index contributed by atoms with van der Waals surface area (Å²) in [4.78, 5) is 2.52. The monoisotopic (exact) mass is 255 g/mol. The van der Waals surface area contributed by atoms with Gasteiger partial charge in [0.1, 0.15) is 0 Å². The molecule has 0 aliphatic heterocycles. The summed E-state index contributed by atoms with van der Waals surface area (Å²) in [6.45, 7) is 9.58. The van der Waals surface area contributed by atoms with Crippen molar-refractivity contribution in [1.82, 2.24) is 4.90 Å². The molecule has 0 aliphatic rings. The molecule has 1 nitrogen and oxygen atoms in total. The molecule has 0 saturated heterocycles. The summed E-state index contributed by atoms with van der Waals surface area (Å²) in [6.07, 6.45) is 14.0.